The van der Waals surface area contributed by atoms with Gasteiger partial charge in [-0.3, -0.25) is 9.69 Å². The van der Waals surface area contributed by atoms with Gasteiger partial charge in [0.05, 0.1) is 36.3 Å². The van der Waals surface area contributed by atoms with Crippen LogP contribution in [0.5, 0.6) is 23.0 Å². The van der Waals surface area contributed by atoms with Gasteiger partial charge in [-0.05, 0) is 67.0 Å². The number of carboxylic acid groups (broad SMARTS) is 1. The van der Waals surface area contributed by atoms with Gasteiger partial charge in [-0.1, -0.05) is 44.2 Å². The molecule has 3 aromatic rings. The average Bonchev–Trinajstić information content (AvgIpc) is 3.99. The SMILES string of the molecule is CC(C)(CCCNC(=O)c1ccc2c(c1)OCO2)CN(C[C@@H](O)[C@H](Cc1ccccc1)N(C(=O)O)[C@H]1CO[C@H]2OCC[C@H]21)S(=O)(=O)c1ccc2c(c1)OCO2. The molecule has 4 heterocycles. The minimum absolute atomic E-state index is 0.0207. The molecule has 15 nitrogen and oxygen atoms in total. The summed E-state index contributed by atoms with van der Waals surface area (Å²) >= 11 is 0. The van der Waals surface area contributed by atoms with Gasteiger partial charge >= 0.3 is 6.09 Å². The fraction of sp³-hybridized carbons (Fsp3) is 0.487. The van der Waals surface area contributed by atoms with Crippen molar-refractivity contribution in [3.05, 3.63) is 77.9 Å². The average molecular weight is 782 g/mol. The van der Waals surface area contributed by atoms with E-state index in [1.807, 2.05) is 44.2 Å². The summed E-state index contributed by atoms with van der Waals surface area (Å²) in [6.07, 6.45) is -1.45. The number of carbonyl (C=O) groups is 2. The first-order valence-electron chi connectivity index (χ1n) is 18.4. The number of aliphatic hydroxyl groups excluding tert-OH is 1. The third kappa shape index (κ3) is 8.63. The number of nitrogens with one attached hydrogen (secondary N) is 1. The monoisotopic (exact) mass is 781 g/mol. The van der Waals surface area contributed by atoms with Crippen LogP contribution in [0.1, 0.15) is 49.0 Å². The summed E-state index contributed by atoms with van der Waals surface area (Å²) in [6.45, 7) is 4.34. The van der Waals surface area contributed by atoms with Gasteiger partial charge in [0.15, 0.2) is 29.3 Å². The fourth-order valence-corrected chi connectivity index (χ4v) is 9.43. The number of ether oxygens (including phenoxy) is 6. The molecule has 296 valence electrons. The molecule has 0 aliphatic carbocycles. The van der Waals surface area contributed by atoms with E-state index in [1.54, 1.807) is 18.2 Å². The summed E-state index contributed by atoms with van der Waals surface area (Å²) in [7, 11) is -4.29. The van der Waals surface area contributed by atoms with Crippen molar-refractivity contribution in [3.63, 3.8) is 0 Å². The molecule has 4 aliphatic heterocycles. The summed E-state index contributed by atoms with van der Waals surface area (Å²) in [5.74, 6) is 1.29. The van der Waals surface area contributed by atoms with E-state index in [9.17, 15) is 28.2 Å². The van der Waals surface area contributed by atoms with Crippen LogP contribution in [0, 0.1) is 11.3 Å². The van der Waals surface area contributed by atoms with E-state index in [4.69, 9.17) is 28.4 Å². The van der Waals surface area contributed by atoms with Crippen molar-refractivity contribution < 1.29 is 56.6 Å². The van der Waals surface area contributed by atoms with Crippen molar-refractivity contribution in [3.8, 4) is 23.0 Å². The number of hydrogen-bond acceptors (Lipinski definition) is 11. The topological polar surface area (TPSA) is 183 Å². The zero-order valence-corrected chi connectivity index (χ0v) is 31.6. The largest absolute Gasteiger partial charge is 0.465 e. The predicted molar refractivity (Wildman–Crippen MR) is 197 cm³/mol. The molecule has 0 spiro atoms. The van der Waals surface area contributed by atoms with E-state index in [0.717, 1.165) is 5.56 Å². The molecule has 0 radical (unpaired) electrons. The maximum Gasteiger partial charge on any atom is 0.407 e. The normalized spacial score (nSPS) is 21.0. The highest BCUT2D eigenvalue weighted by Crippen LogP contribution is 2.38. The van der Waals surface area contributed by atoms with Crippen LogP contribution in [0.2, 0.25) is 0 Å². The van der Waals surface area contributed by atoms with Gasteiger partial charge in [0, 0.05) is 37.2 Å². The van der Waals surface area contributed by atoms with Gasteiger partial charge in [-0.25, -0.2) is 13.2 Å². The molecule has 55 heavy (non-hydrogen) atoms. The number of rotatable bonds is 16. The Kier molecular flexibility index (Phi) is 11.4. The van der Waals surface area contributed by atoms with Crippen LogP contribution in [-0.2, 0) is 25.9 Å². The molecule has 4 aliphatic rings. The highest BCUT2D eigenvalue weighted by molar-refractivity contribution is 7.89. The lowest BCUT2D eigenvalue weighted by atomic mass is 9.87. The first-order chi connectivity index (χ1) is 26.4. The Balaban J connectivity index is 1.11. The minimum atomic E-state index is -4.29. The van der Waals surface area contributed by atoms with Crippen LogP contribution in [0.25, 0.3) is 0 Å². The lowest BCUT2D eigenvalue weighted by Crippen LogP contribution is -2.58. The Bertz CT molecular complexity index is 1960. The quantitative estimate of drug-likeness (QED) is 0.178. The second-order valence-corrected chi connectivity index (χ2v) is 16.9. The van der Waals surface area contributed by atoms with Crippen LogP contribution in [0.15, 0.2) is 71.6 Å². The number of hydrogen-bond donors (Lipinski definition) is 3. The predicted octanol–water partition coefficient (Wildman–Crippen LogP) is 4.08. The Hall–Kier alpha value is -4.61. The molecule has 5 atom stereocenters. The Morgan fingerprint density at radius 1 is 0.927 bits per heavy atom. The van der Waals surface area contributed by atoms with Gasteiger partial charge < -0.3 is 44.0 Å². The zero-order chi connectivity index (χ0) is 38.7. The van der Waals surface area contributed by atoms with Crippen molar-refractivity contribution in [2.24, 2.45) is 11.3 Å². The molecular formula is C39H47N3O12S. The highest BCUT2D eigenvalue weighted by atomic mass is 32.2. The summed E-state index contributed by atoms with van der Waals surface area (Å²) in [5, 5.41) is 25.8. The molecule has 2 saturated heterocycles. The third-order valence-electron chi connectivity index (χ3n) is 10.6. The summed E-state index contributed by atoms with van der Waals surface area (Å²) < 4.78 is 63.5. The fourth-order valence-electron chi connectivity index (χ4n) is 7.76. The van der Waals surface area contributed by atoms with Crippen LogP contribution in [-0.4, -0.2) is 111 Å². The second-order valence-electron chi connectivity index (χ2n) is 15.0. The molecule has 16 heteroatoms. The molecule has 0 aromatic heterocycles. The second kappa shape index (κ2) is 16.2. The number of fused-ring (bicyclic) bond motifs is 3. The molecule has 0 saturated carbocycles. The molecule has 0 bridgehead atoms. The van der Waals surface area contributed by atoms with Crippen LogP contribution in [0.4, 0.5) is 4.79 Å². The molecular weight excluding hydrogens is 735 g/mol. The van der Waals surface area contributed by atoms with E-state index in [0.29, 0.717) is 55.2 Å². The van der Waals surface area contributed by atoms with Crippen molar-refractivity contribution in [2.75, 3.05) is 46.4 Å². The first kappa shape index (κ1) is 38.7. The van der Waals surface area contributed by atoms with Gasteiger partial charge in [-0.15, -0.1) is 0 Å². The maximum absolute atomic E-state index is 14.6. The molecule has 3 aromatic carbocycles. The Labute approximate surface area is 320 Å². The van der Waals surface area contributed by atoms with Gasteiger partial charge in [-0.2, -0.15) is 4.31 Å². The lowest BCUT2D eigenvalue weighted by molar-refractivity contribution is -0.0906. The van der Waals surface area contributed by atoms with E-state index < -0.39 is 52.6 Å². The maximum atomic E-state index is 14.6. The van der Waals surface area contributed by atoms with E-state index >= 15 is 0 Å². The third-order valence-corrected chi connectivity index (χ3v) is 12.4. The standard InChI is InChI=1S/C39H47N3O12S/c1-39(2,14-6-15-40-36(44)26-9-11-32-34(18-26)53-23-51-32)22-41(55(47,48)27-10-12-33-35(19-27)54-24-52-33)20-31(43)29(17-25-7-4-3-5-8-25)42(38(45)46)30-21-50-37-28(30)13-16-49-37/h3-5,7-12,18-19,28-31,37,43H,6,13-17,20-24H2,1-2H3,(H,40,44)(H,45,46)/t28-,29-,30-,31+,37+/m0/s1. The summed E-state index contributed by atoms with van der Waals surface area (Å²) in [6, 6.07) is 16.9. The van der Waals surface area contributed by atoms with Crippen molar-refractivity contribution in [1.82, 2.24) is 14.5 Å². The van der Waals surface area contributed by atoms with Crippen LogP contribution >= 0.6 is 0 Å². The number of amides is 2. The van der Waals surface area contributed by atoms with Gasteiger partial charge in [0.25, 0.3) is 5.91 Å². The summed E-state index contributed by atoms with van der Waals surface area (Å²) in [4.78, 5) is 27.2. The Morgan fingerprint density at radius 2 is 1.62 bits per heavy atom. The first-order valence-corrected chi connectivity index (χ1v) is 19.9. The minimum Gasteiger partial charge on any atom is -0.465 e. The number of nitrogens with zero attached hydrogens (tertiary/aromatic N) is 2. The van der Waals surface area contributed by atoms with E-state index in [1.165, 1.54) is 27.4 Å². The van der Waals surface area contributed by atoms with E-state index in [2.05, 4.69) is 5.32 Å². The van der Waals surface area contributed by atoms with Crippen molar-refractivity contribution in [2.45, 2.75) is 68.9 Å². The zero-order valence-electron chi connectivity index (χ0n) is 30.8. The van der Waals surface area contributed by atoms with E-state index in [-0.39, 0.29) is 55.6 Å². The van der Waals surface area contributed by atoms with Gasteiger partial charge in [0.2, 0.25) is 23.6 Å². The Morgan fingerprint density at radius 3 is 2.35 bits per heavy atom. The number of benzene rings is 3. The molecule has 7 rings (SSSR count). The smallest absolute Gasteiger partial charge is 0.407 e. The molecule has 0 unspecified atom stereocenters. The lowest BCUT2D eigenvalue weighted by Gasteiger charge is -2.40. The van der Waals surface area contributed by atoms with Crippen molar-refractivity contribution in [1.29, 1.82) is 0 Å². The highest BCUT2D eigenvalue weighted by Gasteiger charge is 2.49. The number of sulfonamides is 1. The summed E-state index contributed by atoms with van der Waals surface area (Å²) in [5.41, 5.74) is 0.560. The molecule has 2 amide bonds. The number of carbonyl (C=O) groups excluding carboxylic acids is 1. The van der Waals surface area contributed by atoms with Crippen molar-refractivity contribution >= 4 is 22.0 Å². The van der Waals surface area contributed by atoms with Crippen LogP contribution < -0.4 is 24.3 Å². The van der Waals surface area contributed by atoms with Gasteiger partial charge in [0.1, 0.15) is 0 Å². The number of aliphatic hydroxyl groups is 1. The molecule has 3 N–H and O–H groups in total. The van der Waals surface area contributed by atoms with Crippen LogP contribution in [0.3, 0.4) is 0 Å². The molecule has 2 fully saturated rings.